The summed E-state index contributed by atoms with van der Waals surface area (Å²) in [7, 11) is 0. The topological polar surface area (TPSA) is 136 Å². The highest BCUT2D eigenvalue weighted by atomic mass is 32.1. The lowest BCUT2D eigenvalue weighted by Gasteiger charge is -2.34. The molecule has 0 radical (unpaired) electrons. The first-order valence-electron chi connectivity index (χ1n) is 11.0. The molecule has 0 aromatic carbocycles. The van der Waals surface area contributed by atoms with Gasteiger partial charge >= 0.3 is 0 Å². The van der Waals surface area contributed by atoms with Crippen molar-refractivity contribution in [2.75, 3.05) is 10.6 Å². The maximum atomic E-state index is 11.1. The van der Waals surface area contributed by atoms with Crippen LogP contribution >= 0.6 is 11.3 Å². The Balaban J connectivity index is 1.41. The van der Waals surface area contributed by atoms with Gasteiger partial charge in [-0.2, -0.15) is 4.98 Å². The van der Waals surface area contributed by atoms with Crippen molar-refractivity contribution in [1.29, 1.82) is 0 Å². The first-order chi connectivity index (χ1) is 15.3. The lowest BCUT2D eigenvalue weighted by molar-refractivity contribution is -0.0964. The molecule has 10 heteroatoms. The maximum Gasteiger partial charge on any atom is 0.225 e. The van der Waals surface area contributed by atoms with Crippen LogP contribution in [-0.2, 0) is 0 Å². The largest absolute Gasteiger partial charge is 0.390 e. The molecule has 0 saturated heterocycles. The van der Waals surface area contributed by atoms with Gasteiger partial charge in [0.1, 0.15) is 27.5 Å². The van der Waals surface area contributed by atoms with Gasteiger partial charge in [0, 0.05) is 18.2 Å². The summed E-state index contributed by atoms with van der Waals surface area (Å²) in [4.78, 5) is 18.4. The number of aliphatic hydroxyl groups excluding tert-OH is 1. The summed E-state index contributed by atoms with van der Waals surface area (Å²) in [6, 6.07) is 1.83. The third kappa shape index (κ3) is 2.79. The van der Waals surface area contributed by atoms with Crippen molar-refractivity contribution >= 4 is 33.3 Å². The summed E-state index contributed by atoms with van der Waals surface area (Å²) in [6.07, 6.45) is 6.43. The number of nitrogens with one attached hydrogen (secondary N) is 2. The molecular weight excluding hydrogens is 428 g/mol. The molecule has 3 fully saturated rings. The first-order valence-corrected chi connectivity index (χ1v) is 11.9. The minimum absolute atomic E-state index is 0.345. The monoisotopic (exact) mass is 454 g/mol. The second-order valence-corrected chi connectivity index (χ2v) is 10.5. The SMILES string of the molecule is Cc1nc(NC2CCC2)nc(NC2CC3C(O)C3(O)C2(C)O)c1-c1nc2cnccc2s1. The fraction of sp³-hybridized carbons (Fsp3) is 0.545. The van der Waals surface area contributed by atoms with Gasteiger partial charge in [0.25, 0.3) is 0 Å². The van der Waals surface area contributed by atoms with Crippen molar-refractivity contribution in [1.82, 2.24) is 19.9 Å². The van der Waals surface area contributed by atoms with Crippen LogP contribution in [0.3, 0.4) is 0 Å². The van der Waals surface area contributed by atoms with E-state index in [2.05, 4.69) is 15.6 Å². The smallest absolute Gasteiger partial charge is 0.225 e. The average molecular weight is 455 g/mol. The molecule has 3 aliphatic rings. The predicted molar refractivity (Wildman–Crippen MR) is 122 cm³/mol. The number of hydrogen-bond acceptors (Lipinski definition) is 10. The molecule has 0 bridgehead atoms. The van der Waals surface area contributed by atoms with E-state index in [9.17, 15) is 15.3 Å². The second kappa shape index (κ2) is 6.80. The number of aryl methyl sites for hydroxylation is 1. The molecule has 3 aliphatic carbocycles. The van der Waals surface area contributed by atoms with Gasteiger partial charge in [-0.1, -0.05) is 0 Å². The molecule has 0 spiro atoms. The van der Waals surface area contributed by atoms with E-state index in [0.29, 0.717) is 24.2 Å². The average Bonchev–Trinajstić information content (AvgIpc) is 3.01. The summed E-state index contributed by atoms with van der Waals surface area (Å²) >= 11 is 1.54. The van der Waals surface area contributed by atoms with Crippen LogP contribution in [0, 0.1) is 12.8 Å². The van der Waals surface area contributed by atoms with Crippen LogP contribution in [-0.4, -0.2) is 64.6 Å². The summed E-state index contributed by atoms with van der Waals surface area (Å²) in [5.41, 5.74) is -0.624. The number of anilines is 2. The maximum absolute atomic E-state index is 11.1. The van der Waals surface area contributed by atoms with E-state index < -0.39 is 23.3 Å². The van der Waals surface area contributed by atoms with E-state index in [4.69, 9.17) is 15.0 Å². The van der Waals surface area contributed by atoms with Gasteiger partial charge < -0.3 is 26.0 Å². The van der Waals surface area contributed by atoms with Gasteiger partial charge in [-0.25, -0.2) is 9.97 Å². The van der Waals surface area contributed by atoms with Crippen molar-refractivity contribution < 1.29 is 15.3 Å². The van der Waals surface area contributed by atoms with Crippen molar-refractivity contribution in [2.24, 2.45) is 5.92 Å². The number of fused-ring (bicyclic) bond motifs is 2. The van der Waals surface area contributed by atoms with Crippen molar-refractivity contribution in [3.8, 4) is 10.6 Å². The normalized spacial score (nSPS) is 33.7. The van der Waals surface area contributed by atoms with E-state index in [-0.39, 0.29) is 5.92 Å². The van der Waals surface area contributed by atoms with Crippen LogP contribution in [0.4, 0.5) is 11.8 Å². The Kier molecular flexibility index (Phi) is 4.30. The number of pyridine rings is 1. The molecule has 6 rings (SSSR count). The summed E-state index contributed by atoms with van der Waals surface area (Å²) in [5.74, 6) is 0.765. The Morgan fingerprint density at radius 1 is 1.16 bits per heavy atom. The summed E-state index contributed by atoms with van der Waals surface area (Å²) in [5, 5.41) is 39.5. The van der Waals surface area contributed by atoms with Crippen molar-refractivity contribution in [3.05, 3.63) is 24.2 Å². The Morgan fingerprint density at radius 2 is 1.97 bits per heavy atom. The van der Waals surface area contributed by atoms with Gasteiger partial charge in [-0.05, 0) is 45.6 Å². The van der Waals surface area contributed by atoms with Crippen LogP contribution in [0.2, 0.25) is 0 Å². The van der Waals surface area contributed by atoms with Gasteiger partial charge in [-0.3, -0.25) is 4.98 Å². The lowest BCUT2D eigenvalue weighted by Crippen LogP contribution is -2.53. The lowest BCUT2D eigenvalue weighted by atomic mass is 9.91. The Labute approximate surface area is 189 Å². The molecule has 168 valence electrons. The van der Waals surface area contributed by atoms with Crippen molar-refractivity contribution in [2.45, 2.75) is 68.9 Å². The van der Waals surface area contributed by atoms with Crippen LogP contribution < -0.4 is 10.6 Å². The third-order valence-corrected chi connectivity index (χ3v) is 8.56. The van der Waals surface area contributed by atoms with Gasteiger partial charge in [-0.15, -0.1) is 11.3 Å². The molecule has 3 aromatic heterocycles. The zero-order valence-corrected chi connectivity index (χ0v) is 18.7. The fourth-order valence-electron chi connectivity index (χ4n) is 5.16. The van der Waals surface area contributed by atoms with E-state index in [1.807, 2.05) is 13.0 Å². The second-order valence-electron chi connectivity index (χ2n) is 9.45. The number of aromatic nitrogens is 4. The molecular formula is C22H26N6O3S. The quantitative estimate of drug-likeness (QED) is 0.392. The van der Waals surface area contributed by atoms with Crippen LogP contribution in [0.1, 0.15) is 38.3 Å². The van der Waals surface area contributed by atoms with E-state index >= 15 is 0 Å². The Bertz CT molecular complexity index is 1180. The highest BCUT2D eigenvalue weighted by molar-refractivity contribution is 7.21. The van der Waals surface area contributed by atoms with E-state index in [1.54, 1.807) is 19.3 Å². The minimum Gasteiger partial charge on any atom is -0.390 e. The van der Waals surface area contributed by atoms with Crippen molar-refractivity contribution in [3.63, 3.8) is 0 Å². The number of aliphatic hydroxyl groups is 3. The first kappa shape index (κ1) is 20.2. The summed E-state index contributed by atoms with van der Waals surface area (Å²) < 4.78 is 1.02. The molecule has 0 amide bonds. The predicted octanol–water partition coefficient (Wildman–Crippen LogP) is 2.08. The zero-order valence-electron chi connectivity index (χ0n) is 17.9. The van der Waals surface area contributed by atoms with Crippen LogP contribution in [0.15, 0.2) is 18.5 Å². The van der Waals surface area contributed by atoms with Crippen LogP contribution in [0.5, 0.6) is 0 Å². The Morgan fingerprint density at radius 3 is 2.62 bits per heavy atom. The highest BCUT2D eigenvalue weighted by Crippen LogP contribution is 2.61. The zero-order chi connectivity index (χ0) is 22.3. The van der Waals surface area contributed by atoms with Gasteiger partial charge in [0.05, 0.1) is 34.3 Å². The molecule has 5 unspecified atom stereocenters. The van der Waals surface area contributed by atoms with E-state index in [0.717, 1.165) is 39.3 Å². The minimum atomic E-state index is -1.49. The van der Waals surface area contributed by atoms with Gasteiger partial charge in [0.15, 0.2) is 0 Å². The standard InChI is InChI=1S/C22H26N6O3S/c1-10-16(19-26-13-9-23-7-6-14(13)32-19)18(28-20(24-10)25-11-4-3-5-11)27-15-8-12-17(29)22(12,31)21(15,2)30/h6-7,9,11-12,15,17,29-31H,3-5,8H2,1-2H3,(H2,24,25,27,28). The molecule has 0 aliphatic heterocycles. The van der Waals surface area contributed by atoms with Gasteiger partial charge in [0.2, 0.25) is 5.95 Å². The van der Waals surface area contributed by atoms with E-state index in [1.165, 1.54) is 17.8 Å². The number of hydrogen-bond donors (Lipinski definition) is 5. The summed E-state index contributed by atoms with van der Waals surface area (Å²) in [6.45, 7) is 3.51. The highest BCUT2D eigenvalue weighted by Gasteiger charge is 2.79. The number of nitrogens with zero attached hydrogens (tertiary/aromatic N) is 4. The molecule has 32 heavy (non-hydrogen) atoms. The van der Waals surface area contributed by atoms with Crippen LogP contribution in [0.25, 0.3) is 20.8 Å². The molecule has 5 atom stereocenters. The fourth-order valence-corrected chi connectivity index (χ4v) is 6.19. The molecule has 9 nitrogen and oxygen atoms in total. The third-order valence-electron chi connectivity index (χ3n) is 7.51. The number of rotatable bonds is 5. The molecule has 3 aromatic rings. The molecule has 3 heterocycles. The Hall–Kier alpha value is -2.40. The number of thiazole rings is 1. The molecule has 5 N–H and O–H groups in total. The molecule has 3 saturated carbocycles.